The standard InChI is InChI=1S/C23H29F3N4O/c24-23(25,26)20-6-7-21(27-16-20)28-18-22(8-14-31-15-9-22)30-12-10-29(11-13-30)17-19-4-2-1-3-5-19/h1-7,16H,8-15,17-18H2,(H,27,28). The van der Waals surface area contributed by atoms with E-state index in [0.717, 1.165) is 57.8 Å². The Balaban J connectivity index is 1.37. The predicted octanol–water partition coefficient (Wildman–Crippen LogP) is 3.88. The van der Waals surface area contributed by atoms with Crippen molar-refractivity contribution in [3.8, 4) is 0 Å². The Morgan fingerprint density at radius 1 is 0.968 bits per heavy atom. The van der Waals surface area contributed by atoms with E-state index in [9.17, 15) is 13.2 Å². The van der Waals surface area contributed by atoms with Crippen molar-refractivity contribution in [1.29, 1.82) is 0 Å². The van der Waals surface area contributed by atoms with Crippen LogP contribution in [0.3, 0.4) is 0 Å². The molecule has 0 spiro atoms. The first kappa shape index (κ1) is 22.0. The molecule has 0 amide bonds. The molecule has 5 nitrogen and oxygen atoms in total. The quantitative estimate of drug-likeness (QED) is 0.747. The van der Waals surface area contributed by atoms with Crippen LogP contribution in [0.5, 0.6) is 0 Å². The Bertz CT molecular complexity index is 815. The van der Waals surface area contributed by atoms with Crippen molar-refractivity contribution >= 4 is 5.82 Å². The second-order valence-corrected chi connectivity index (χ2v) is 8.37. The summed E-state index contributed by atoms with van der Waals surface area (Å²) >= 11 is 0. The van der Waals surface area contributed by atoms with E-state index in [1.54, 1.807) is 0 Å². The maximum atomic E-state index is 12.8. The molecule has 1 aromatic heterocycles. The van der Waals surface area contributed by atoms with Crippen molar-refractivity contribution in [1.82, 2.24) is 14.8 Å². The van der Waals surface area contributed by atoms with Crippen LogP contribution >= 0.6 is 0 Å². The molecule has 2 aliphatic rings. The van der Waals surface area contributed by atoms with Gasteiger partial charge >= 0.3 is 6.18 Å². The summed E-state index contributed by atoms with van der Waals surface area (Å²) in [7, 11) is 0. The molecule has 3 heterocycles. The number of ether oxygens (including phenoxy) is 1. The van der Waals surface area contributed by atoms with Gasteiger partial charge in [-0.3, -0.25) is 9.80 Å². The van der Waals surface area contributed by atoms with Crippen LogP contribution in [0.25, 0.3) is 0 Å². The van der Waals surface area contributed by atoms with E-state index in [4.69, 9.17) is 4.74 Å². The lowest BCUT2D eigenvalue weighted by molar-refractivity contribution is -0.137. The number of hydrogen-bond donors (Lipinski definition) is 1. The highest BCUT2D eigenvalue weighted by Gasteiger charge is 2.40. The lowest BCUT2D eigenvalue weighted by Crippen LogP contribution is -2.61. The summed E-state index contributed by atoms with van der Waals surface area (Å²) in [5.41, 5.74) is 0.529. The molecule has 0 atom stereocenters. The minimum atomic E-state index is -4.37. The van der Waals surface area contributed by atoms with Gasteiger partial charge in [-0.15, -0.1) is 0 Å². The molecule has 2 saturated heterocycles. The number of rotatable bonds is 6. The summed E-state index contributed by atoms with van der Waals surface area (Å²) in [5, 5.41) is 3.29. The Hall–Kier alpha value is -2.16. The molecule has 2 fully saturated rings. The molecule has 8 heteroatoms. The number of halogens is 3. The zero-order valence-electron chi connectivity index (χ0n) is 17.6. The van der Waals surface area contributed by atoms with Gasteiger partial charge in [0, 0.05) is 64.2 Å². The lowest BCUT2D eigenvalue weighted by atomic mass is 9.87. The molecule has 0 saturated carbocycles. The average molecular weight is 435 g/mol. The van der Waals surface area contributed by atoms with Gasteiger partial charge in [0.15, 0.2) is 0 Å². The van der Waals surface area contributed by atoms with Crippen molar-refractivity contribution in [2.45, 2.75) is 31.1 Å². The summed E-state index contributed by atoms with van der Waals surface area (Å²) < 4.78 is 44.0. The molecule has 31 heavy (non-hydrogen) atoms. The Morgan fingerprint density at radius 2 is 1.68 bits per heavy atom. The zero-order valence-corrected chi connectivity index (χ0v) is 17.6. The number of benzene rings is 1. The maximum absolute atomic E-state index is 12.8. The fraction of sp³-hybridized carbons (Fsp3) is 0.522. The third kappa shape index (κ3) is 5.56. The van der Waals surface area contributed by atoms with Crippen LogP contribution in [0, 0.1) is 0 Å². The maximum Gasteiger partial charge on any atom is 0.417 e. The summed E-state index contributed by atoms with van der Waals surface area (Å²) in [6.45, 7) is 6.93. The minimum Gasteiger partial charge on any atom is -0.381 e. The lowest BCUT2D eigenvalue weighted by Gasteiger charge is -2.49. The van der Waals surface area contributed by atoms with Gasteiger partial charge in [-0.25, -0.2) is 4.98 Å². The van der Waals surface area contributed by atoms with Crippen LogP contribution in [-0.4, -0.2) is 66.3 Å². The van der Waals surface area contributed by atoms with Crippen LogP contribution in [-0.2, 0) is 17.5 Å². The first-order chi connectivity index (χ1) is 14.9. The second-order valence-electron chi connectivity index (χ2n) is 8.37. The molecule has 2 aromatic rings. The number of alkyl halides is 3. The largest absolute Gasteiger partial charge is 0.417 e. The van der Waals surface area contributed by atoms with Crippen molar-refractivity contribution in [3.63, 3.8) is 0 Å². The van der Waals surface area contributed by atoms with Crippen LogP contribution < -0.4 is 5.32 Å². The Labute approximate surface area is 181 Å². The van der Waals surface area contributed by atoms with Crippen LogP contribution in [0.4, 0.5) is 19.0 Å². The average Bonchev–Trinajstić information content (AvgIpc) is 2.79. The smallest absolute Gasteiger partial charge is 0.381 e. The number of nitrogens with one attached hydrogen (secondary N) is 1. The fourth-order valence-electron chi connectivity index (χ4n) is 4.50. The Kier molecular flexibility index (Phi) is 6.79. The molecule has 0 aliphatic carbocycles. The predicted molar refractivity (Wildman–Crippen MR) is 114 cm³/mol. The highest BCUT2D eigenvalue weighted by Crippen LogP contribution is 2.31. The first-order valence-electron chi connectivity index (χ1n) is 10.8. The monoisotopic (exact) mass is 434 g/mol. The van der Waals surface area contributed by atoms with Gasteiger partial charge in [0.2, 0.25) is 0 Å². The third-order valence-corrected chi connectivity index (χ3v) is 6.41. The van der Waals surface area contributed by atoms with Gasteiger partial charge in [0.05, 0.1) is 5.56 Å². The highest BCUT2D eigenvalue weighted by atomic mass is 19.4. The molecule has 0 bridgehead atoms. The number of pyridine rings is 1. The van der Waals surface area contributed by atoms with E-state index in [-0.39, 0.29) is 5.54 Å². The van der Waals surface area contributed by atoms with Crippen LogP contribution in [0.15, 0.2) is 48.7 Å². The van der Waals surface area contributed by atoms with Crippen molar-refractivity contribution in [2.75, 3.05) is 51.3 Å². The van der Waals surface area contributed by atoms with Crippen molar-refractivity contribution in [2.24, 2.45) is 0 Å². The van der Waals surface area contributed by atoms with E-state index < -0.39 is 11.7 Å². The van der Waals surface area contributed by atoms with Gasteiger partial charge in [-0.2, -0.15) is 13.2 Å². The van der Waals surface area contributed by atoms with Gasteiger partial charge in [0.25, 0.3) is 0 Å². The number of anilines is 1. The number of nitrogens with zero attached hydrogens (tertiary/aromatic N) is 3. The summed E-state index contributed by atoms with van der Waals surface area (Å²) in [6, 6.07) is 13.0. The zero-order chi connectivity index (χ0) is 21.7. The van der Waals surface area contributed by atoms with Gasteiger partial charge in [-0.05, 0) is 30.5 Å². The van der Waals surface area contributed by atoms with E-state index in [1.165, 1.54) is 11.6 Å². The highest BCUT2D eigenvalue weighted by molar-refractivity contribution is 5.37. The van der Waals surface area contributed by atoms with Crippen LogP contribution in [0.1, 0.15) is 24.0 Å². The SMILES string of the molecule is FC(F)(F)c1ccc(NCC2(N3CCN(Cc4ccccc4)CC3)CCOCC2)nc1. The number of hydrogen-bond acceptors (Lipinski definition) is 5. The van der Waals surface area contributed by atoms with Crippen molar-refractivity contribution in [3.05, 3.63) is 59.8 Å². The van der Waals surface area contributed by atoms with Gasteiger partial charge < -0.3 is 10.1 Å². The molecule has 2 aliphatic heterocycles. The second kappa shape index (κ2) is 9.54. The molecule has 0 radical (unpaired) electrons. The van der Waals surface area contributed by atoms with E-state index >= 15 is 0 Å². The summed E-state index contributed by atoms with van der Waals surface area (Å²) in [4.78, 5) is 8.99. The number of piperazine rings is 1. The topological polar surface area (TPSA) is 40.6 Å². The summed E-state index contributed by atoms with van der Waals surface area (Å²) in [5.74, 6) is 0.474. The normalized spacial score (nSPS) is 20.5. The molecular formula is C23H29F3N4O. The van der Waals surface area contributed by atoms with E-state index in [0.29, 0.717) is 25.6 Å². The number of aromatic nitrogens is 1. The molecule has 4 rings (SSSR count). The van der Waals surface area contributed by atoms with E-state index in [2.05, 4.69) is 44.4 Å². The van der Waals surface area contributed by atoms with Crippen molar-refractivity contribution < 1.29 is 17.9 Å². The molecule has 1 N–H and O–H groups in total. The molecule has 168 valence electrons. The van der Waals surface area contributed by atoms with Gasteiger partial charge in [0.1, 0.15) is 5.82 Å². The van der Waals surface area contributed by atoms with Gasteiger partial charge in [-0.1, -0.05) is 30.3 Å². The first-order valence-corrected chi connectivity index (χ1v) is 10.8. The Morgan fingerprint density at radius 3 is 2.29 bits per heavy atom. The minimum absolute atomic E-state index is 0.0680. The fourth-order valence-corrected chi connectivity index (χ4v) is 4.50. The molecule has 0 unspecified atom stereocenters. The van der Waals surface area contributed by atoms with Crippen LogP contribution in [0.2, 0.25) is 0 Å². The third-order valence-electron chi connectivity index (χ3n) is 6.41. The van der Waals surface area contributed by atoms with E-state index in [1.807, 2.05) is 6.07 Å². The summed E-state index contributed by atoms with van der Waals surface area (Å²) in [6.07, 6.45) is -1.67. The molecular weight excluding hydrogens is 405 g/mol. The molecule has 1 aromatic carbocycles.